The van der Waals surface area contributed by atoms with E-state index in [9.17, 15) is 18.0 Å². The molecule has 1 saturated heterocycles. The van der Waals surface area contributed by atoms with Crippen molar-refractivity contribution >= 4 is 5.91 Å². The second kappa shape index (κ2) is 5.78. The lowest BCUT2D eigenvalue weighted by molar-refractivity contribution is -0.138. The fourth-order valence-corrected chi connectivity index (χ4v) is 2.25. The van der Waals surface area contributed by atoms with Gasteiger partial charge in [0.2, 0.25) is 5.91 Å². The third-order valence-electron chi connectivity index (χ3n) is 3.26. The first kappa shape index (κ1) is 14.8. The number of carbonyl (C=O) groups is 1. The van der Waals surface area contributed by atoms with Crippen molar-refractivity contribution in [2.45, 2.75) is 38.5 Å². The van der Waals surface area contributed by atoms with E-state index in [-0.39, 0.29) is 24.1 Å². The van der Waals surface area contributed by atoms with Gasteiger partial charge in [0, 0.05) is 31.3 Å². The van der Waals surface area contributed by atoms with Crippen molar-refractivity contribution in [3.63, 3.8) is 0 Å². The highest BCUT2D eigenvalue weighted by Gasteiger charge is 2.34. The van der Waals surface area contributed by atoms with Gasteiger partial charge in [-0.25, -0.2) is 0 Å². The van der Waals surface area contributed by atoms with Crippen LogP contribution in [0.4, 0.5) is 13.2 Å². The Balaban J connectivity index is 2.29. The quantitative estimate of drug-likeness (QED) is 0.895. The maximum Gasteiger partial charge on any atom is 0.416 e. The lowest BCUT2D eigenvalue weighted by Gasteiger charge is -2.16. The Hall–Kier alpha value is -1.63. The standard InChI is InChI=1S/C13H16F3N3O/c1-8(20)18-6-9-7-19-12(11-3-2-4-17-11)5-10(9)13(14,15)16/h5,7,11,17H,2-4,6H2,1H3,(H,18,20)/t11-/m1/s1. The van der Waals surface area contributed by atoms with Gasteiger partial charge in [0.1, 0.15) is 0 Å². The molecule has 2 heterocycles. The largest absolute Gasteiger partial charge is 0.416 e. The van der Waals surface area contributed by atoms with Crippen LogP contribution in [-0.2, 0) is 17.5 Å². The van der Waals surface area contributed by atoms with Gasteiger partial charge in [-0.2, -0.15) is 13.2 Å². The average Bonchev–Trinajstić information content (AvgIpc) is 2.88. The second-order valence-corrected chi connectivity index (χ2v) is 4.82. The molecule has 0 saturated carbocycles. The van der Waals surface area contributed by atoms with Gasteiger partial charge in [0.25, 0.3) is 0 Å². The first-order valence-electron chi connectivity index (χ1n) is 6.42. The second-order valence-electron chi connectivity index (χ2n) is 4.82. The van der Waals surface area contributed by atoms with Crippen molar-refractivity contribution in [1.29, 1.82) is 0 Å². The zero-order chi connectivity index (χ0) is 14.8. The van der Waals surface area contributed by atoms with Crippen molar-refractivity contribution in [2.75, 3.05) is 6.54 Å². The Morgan fingerprint density at radius 3 is 2.85 bits per heavy atom. The van der Waals surface area contributed by atoms with E-state index in [0.29, 0.717) is 5.69 Å². The first-order chi connectivity index (χ1) is 9.38. The molecule has 2 rings (SSSR count). The predicted octanol–water partition coefficient (Wildman–Crippen LogP) is 2.16. The van der Waals surface area contributed by atoms with Gasteiger partial charge in [-0.1, -0.05) is 0 Å². The number of halogens is 3. The Kier molecular flexibility index (Phi) is 4.27. The topological polar surface area (TPSA) is 54.0 Å². The fraction of sp³-hybridized carbons (Fsp3) is 0.538. The van der Waals surface area contributed by atoms with Crippen molar-refractivity contribution in [3.05, 3.63) is 29.1 Å². The molecule has 0 bridgehead atoms. The number of carbonyl (C=O) groups excluding carboxylic acids is 1. The molecular formula is C13H16F3N3O. The van der Waals surface area contributed by atoms with E-state index < -0.39 is 11.7 Å². The summed E-state index contributed by atoms with van der Waals surface area (Å²) in [5, 5.41) is 5.49. The van der Waals surface area contributed by atoms with Crippen LogP contribution in [0.2, 0.25) is 0 Å². The Morgan fingerprint density at radius 2 is 2.30 bits per heavy atom. The van der Waals surface area contributed by atoms with Gasteiger partial charge in [0.05, 0.1) is 11.3 Å². The minimum atomic E-state index is -4.45. The molecule has 0 aliphatic carbocycles. The molecule has 1 fully saturated rings. The Labute approximate surface area is 114 Å². The van der Waals surface area contributed by atoms with Crippen LogP contribution < -0.4 is 10.6 Å². The van der Waals surface area contributed by atoms with E-state index in [1.807, 2.05) is 0 Å². The maximum absolute atomic E-state index is 13.1. The summed E-state index contributed by atoms with van der Waals surface area (Å²) in [4.78, 5) is 14.9. The van der Waals surface area contributed by atoms with Crippen LogP contribution in [-0.4, -0.2) is 17.4 Å². The molecule has 1 amide bonds. The Bertz CT molecular complexity index is 496. The molecule has 0 radical (unpaired) electrons. The zero-order valence-corrected chi connectivity index (χ0v) is 11.0. The van der Waals surface area contributed by atoms with Crippen LogP contribution in [0, 0.1) is 0 Å². The minimum absolute atomic E-state index is 0.0190. The Morgan fingerprint density at radius 1 is 1.55 bits per heavy atom. The average molecular weight is 287 g/mol. The summed E-state index contributed by atoms with van der Waals surface area (Å²) < 4.78 is 39.2. The van der Waals surface area contributed by atoms with E-state index in [1.165, 1.54) is 13.1 Å². The SMILES string of the molecule is CC(=O)NCc1cnc([C@H]2CCCN2)cc1C(F)(F)F. The van der Waals surface area contributed by atoms with E-state index in [0.717, 1.165) is 25.5 Å². The summed E-state index contributed by atoms with van der Waals surface area (Å²) in [6.07, 6.45) is -1.53. The van der Waals surface area contributed by atoms with Crippen molar-refractivity contribution in [3.8, 4) is 0 Å². The molecule has 1 atom stereocenters. The third kappa shape index (κ3) is 3.47. The summed E-state index contributed by atoms with van der Waals surface area (Å²) in [5.41, 5.74) is -0.346. The molecule has 0 unspecified atom stereocenters. The molecule has 2 N–H and O–H groups in total. The summed E-state index contributed by atoms with van der Waals surface area (Å²) in [7, 11) is 0. The normalized spacial score (nSPS) is 19.1. The van der Waals surface area contributed by atoms with Gasteiger partial charge in [0.15, 0.2) is 0 Å². The van der Waals surface area contributed by atoms with E-state index in [4.69, 9.17) is 0 Å². The molecule has 7 heteroatoms. The van der Waals surface area contributed by atoms with E-state index >= 15 is 0 Å². The van der Waals surface area contributed by atoms with Crippen LogP contribution >= 0.6 is 0 Å². The predicted molar refractivity (Wildman–Crippen MR) is 66.7 cm³/mol. The van der Waals surface area contributed by atoms with Crippen LogP contribution in [0.1, 0.15) is 42.6 Å². The van der Waals surface area contributed by atoms with Gasteiger partial charge in [-0.3, -0.25) is 9.78 Å². The minimum Gasteiger partial charge on any atom is -0.352 e. The molecule has 1 aliphatic heterocycles. The molecule has 1 aromatic heterocycles. The number of alkyl halides is 3. The number of aromatic nitrogens is 1. The summed E-state index contributed by atoms with van der Waals surface area (Å²) in [5.74, 6) is -0.375. The number of pyridine rings is 1. The summed E-state index contributed by atoms with van der Waals surface area (Å²) >= 11 is 0. The molecule has 4 nitrogen and oxygen atoms in total. The van der Waals surface area contributed by atoms with Gasteiger partial charge in [-0.05, 0) is 25.5 Å². The van der Waals surface area contributed by atoms with Crippen LogP contribution in [0.15, 0.2) is 12.3 Å². The van der Waals surface area contributed by atoms with Gasteiger partial charge >= 0.3 is 6.18 Å². The number of amides is 1. The molecule has 1 aliphatic rings. The molecule has 0 aromatic carbocycles. The van der Waals surface area contributed by atoms with Crippen molar-refractivity contribution in [2.24, 2.45) is 0 Å². The van der Waals surface area contributed by atoms with Crippen LogP contribution in [0.25, 0.3) is 0 Å². The van der Waals surface area contributed by atoms with Crippen LogP contribution in [0.5, 0.6) is 0 Å². The van der Waals surface area contributed by atoms with Gasteiger partial charge < -0.3 is 10.6 Å². The molecule has 1 aromatic rings. The highest BCUT2D eigenvalue weighted by molar-refractivity contribution is 5.72. The molecule has 110 valence electrons. The number of rotatable bonds is 3. The van der Waals surface area contributed by atoms with Gasteiger partial charge in [-0.15, -0.1) is 0 Å². The van der Waals surface area contributed by atoms with Crippen molar-refractivity contribution < 1.29 is 18.0 Å². The smallest absolute Gasteiger partial charge is 0.352 e. The van der Waals surface area contributed by atoms with E-state index in [1.54, 1.807) is 0 Å². The highest BCUT2D eigenvalue weighted by Crippen LogP contribution is 2.34. The lowest BCUT2D eigenvalue weighted by atomic mass is 10.0. The zero-order valence-electron chi connectivity index (χ0n) is 11.0. The number of hydrogen-bond donors (Lipinski definition) is 2. The molecule has 0 spiro atoms. The summed E-state index contributed by atoms with van der Waals surface area (Å²) in [6.45, 7) is 1.88. The lowest BCUT2D eigenvalue weighted by Crippen LogP contribution is -2.23. The number of nitrogens with zero attached hydrogens (tertiary/aromatic N) is 1. The number of nitrogens with one attached hydrogen (secondary N) is 2. The highest BCUT2D eigenvalue weighted by atomic mass is 19.4. The monoisotopic (exact) mass is 287 g/mol. The summed E-state index contributed by atoms with van der Waals surface area (Å²) in [6, 6.07) is 0.964. The first-order valence-corrected chi connectivity index (χ1v) is 6.42. The number of hydrogen-bond acceptors (Lipinski definition) is 3. The molecular weight excluding hydrogens is 271 g/mol. The fourth-order valence-electron chi connectivity index (χ4n) is 2.25. The van der Waals surface area contributed by atoms with Crippen LogP contribution in [0.3, 0.4) is 0 Å². The third-order valence-corrected chi connectivity index (χ3v) is 3.26. The van der Waals surface area contributed by atoms with Crippen molar-refractivity contribution in [1.82, 2.24) is 15.6 Å². The van der Waals surface area contributed by atoms with E-state index in [2.05, 4.69) is 15.6 Å². The maximum atomic E-state index is 13.1. The molecule has 20 heavy (non-hydrogen) atoms.